The average Bonchev–Trinajstić information content (AvgIpc) is 2.22. The van der Waals surface area contributed by atoms with Crippen LogP contribution in [0.4, 0.5) is 0 Å². The van der Waals surface area contributed by atoms with Crippen molar-refractivity contribution in [3.05, 3.63) is 23.8 Å². The average molecular weight is 237 g/mol. The first-order chi connectivity index (χ1) is 7.98. The largest absolute Gasteiger partial charge is 0.508 e. The number of carbonyl (C=O) groups is 1. The summed E-state index contributed by atoms with van der Waals surface area (Å²) in [6.45, 7) is 3.82. The first-order valence-electron chi connectivity index (χ1n) is 5.37. The number of hydrogen-bond donors (Lipinski definition) is 3. The Balaban J connectivity index is 1.99. The van der Waals surface area contributed by atoms with E-state index in [9.17, 15) is 15.0 Å². The molecular weight excluding hydrogens is 222 g/mol. The molecule has 0 aliphatic carbocycles. The van der Waals surface area contributed by atoms with Crippen LogP contribution in [0, 0.1) is 5.41 Å². The van der Waals surface area contributed by atoms with Crippen molar-refractivity contribution >= 4 is 5.91 Å². The second kappa shape index (κ2) is 4.25. The lowest BCUT2D eigenvalue weighted by Crippen LogP contribution is -2.48. The summed E-state index contributed by atoms with van der Waals surface area (Å²) in [5.41, 5.74) is 0.237. The van der Waals surface area contributed by atoms with Crippen molar-refractivity contribution in [3.63, 3.8) is 0 Å². The Morgan fingerprint density at radius 3 is 2.41 bits per heavy atom. The van der Waals surface area contributed by atoms with Crippen LogP contribution in [-0.4, -0.2) is 35.9 Å². The monoisotopic (exact) mass is 237 g/mol. The summed E-state index contributed by atoms with van der Waals surface area (Å²) in [7, 11) is 0. The summed E-state index contributed by atoms with van der Waals surface area (Å²) in [4.78, 5) is 11.8. The molecule has 0 aromatic heterocycles. The number of phenols is 2. The highest BCUT2D eigenvalue weighted by Crippen LogP contribution is 2.25. The number of phenolic OH excluding ortho intramolecular Hbond substituents is 2. The minimum absolute atomic E-state index is 0.00543. The molecule has 17 heavy (non-hydrogen) atoms. The molecule has 5 nitrogen and oxygen atoms in total. The summed E-state index contributed by atoms with van der Waals surface area (Å²) in [6, 6.07) is 3.81. The number of ether oxygens (including phenoxy) is 1. The predicted molar refractivity (Wildman–Crippen MR) is 61.0 cm³/mol. The maximum Gasteiger partial charge on any atom is 0.251 e. The second-order valence-corrected chi connectivity index (χ2v) is 4.72. The number of rotatable bonds is 3. The van der Waals surface area contributed by atoms with Gasteiger partial charge in [0.05, 0.1) is 13.2 Å². The highest BCUT2D eigenvalue weighted by Gasteiger charge is 2.33. The minimum atomic E-state index is -0.315. The van der Waals surface area contributed by atoms with Crippen molar-refractivity contribution in [1.29, 1.82) is 0 Å². The van der Waals surface area contributed by atoms with Crippen LogP contribution in [0.2, 0.25) is 0 Å². The number of benzene rings is 1. The molecule has 0 unspecified atom stereocenters. The number of nitrogens with one attached hydrogen (secondary N) is 1. The Kier molecular flexibility index (Phi) is 2.93. The van der Waals surface area contributed by atoms with Gasteiger partial charge in [0.15, 0.2) is 0 Å². The van der Waals surface area contributed by atoms with E-state index in [0.717, 1.165) is 0 Å². The van der Waals surface area contributed by atoms with Gasteiger partial charge in [-0.3, -0.25) is 4.79 Å². The normalized spacial score (nSPS) is 17.2. The van der Waals surface area contributed by atoms with Crippen LogP contribution in [0.3, 0.4) is 0 Å². The number of carbonyl (C=O) groups excluding carboxylic acids is 1. The molecule has 92 valence electrons. The van der Waals surface area contributed by atoms with Gasteiger partial charge in [0, 0.05) is 23.6 Å². The lowest BCUT2D eigenvalue weighted by atomic mass is 9.88. The molecule has 2 rings (SSSR count). The van der Waals surface area contributed by atoms with Gasteiger partial charge in [-0.05, 0) is 12.1 Å². The topological polar surface area (TPSA) is 78.8 Å². The van der Waals surface area contributed by atoms with E-state index in [1.54, 1.807) is 0 Å². The Labute approximate surface area is 99.0 Å². The zero-order chi connectivity index (χ0) is 12.5. The Morgan fingerprint density at radius 2 is 1.94 bits per heavy atom. The summed E-state index contributed by atoms with van der Waals surface area (Å²) >= 11 is 0. The van der Waals surface area contributed by atoms with Gasteiger partial charge in [0.1, 0.15) is 11.5 Å². The zero-order valence-corrected chi connectivity index (χ0v) is 9.56. The van der Waals surface area contributed by atoms with Gasteiger partial charge in [-0.25, -0.2) is 0 Å². The fraction of sp³-hybridized carbons (Fsp3) is 0.417. The molecule has 1 aromatic carbocycles. The van der Waals surface area contributed by atoms with Crippen LogP contribution < -0.4 is 5.32 Å². The number of hydrogen-bond acceptors (Lipinski definition) is 4. The van der Waals surface area contributed by atoms with E-state index in [1.165, 1.54) is 18.2 Å². The van der Waals surface area contributed by atoms with Crippen molar-refractivity contribution in [3.8, 4) is 11.5 Å². The quantitative estimate of drug-likeness (QED) is 0.728. The SMILES string of the molecule is CC1(CNC(=O)c2cc(O)cc(O)c2)COC1. The predicted octanol–water partition coefficient (Wildman–Crippen LogP) is 0.864. The van der Waals surface area contributed by atoms with Gasteiger partial charge >= 0.3 is 0 Å². The van der Waals surface area contributed by atoms with Crippen molar-refractivity contribution < 1.29 is 19.7 Å². The summed E-state index contributed by atoms with van der Waals surface area (Å²) < 4.78 is 5.08. The highest BCUT2D eigenvalue weighted by atomic mass is 16.5. The molecular formula is C12H15NO4. The Morgan fingerprint density at radius 1 is 1.35 bits per heavy atom. The molecule has 0 atom stereocenters. The zero-order valence-electron chi connectivity index (χ0n) is 9.56. The van der Waals surface area contributed by atoms with E-state index in [0.29, 0.717) is 19.8 Å². The molecule has 1 aliphatic heterocycles. The van der Waals surface area contributed by atoms with Crippen molar-refractivity contribution in [2.45, 2.75) is 6.92 Å². The van der Waals surface area contributed by atoms with Gasteiger partial charge in [0.2, 0.25) is 0 Å². The van der Waals surface area contributed by atoms with Gasteiger partial charge in [-0.1, -0.05) is 6.92 Å². The molecule has 1 fully saturated rings. The first kappa shape index (κ1) is 11.7. The standard InChI is InChI=1S/C12H15NO4/c1-12(6-17-7-12)5-13-11(16)8-2-9(14)4-10(15)3-8/h2-4,14-15H,5-7H2,1H3,(H,13,16). The van der Waals surface area contributed by atoms with Gasteiger partial charge in [-0.15, -0.1) is 0 Å². The maximum absolute atomic E-state index is 11.8. The van der Waals surface area contributed by atoms with Gasteiger partial charge in [0.25, 0.3) is 5.91 Å². The molecule has 0 bridgehead atoms. The maximum atomic E-state index is 11.8. The van der Waals surface area contributed by atoms with Crippen LogP contribution in [0.15, 0.2) is 18.2 Å². The molecule has 1 saturated heterocycles. The summed E-state index contributed by atoms with van der Waals surface area (Å²) in [6.07, 6.45) is 0. The second-order valence-electron chi connectivity index (χ2n) is 4.72. The van der Waals surface area contributed by atoms with E-state index < -0.39 is 0 Å². The van der Waals surface area contributed by atoms with Gasteiger partial charge in [-0.2, -0.15) is 0 Å². The van der Waals surface area contributed by atoms with Crippen LogP contribution in [0.5, 0.6) is 11.5 Å². The van der Waals surface area contributed by atoms with Crippen LogP contribution >= 0.6 is 0 Å². The van der Waals surface area contributed by atoms with Crippen LogP contribution in [0.1, 0.15) is 17.3 Å². The third kappa shape index (κ3) is 2.68. The molecule has 5 heteroatoms. The van der Waals surface area contributed by atoms with E-state index in [4.69, 9.17) is 4.74 Å². The lowest BCUT2D eigenvalue weighted by molar-refractivity contribution is -0.0978. The third-order valence-corrected chi connectivity index (χ3v) is 2.74. The molecule has 0 spiro atoms. The molecule has 0 radical (unpaired) electrons. The van der Waals surface area contributed by atoms with E-state index >= 15 is 0 Å². The fourth-order valence-corrected chi connectivity index (χ4v) is 1.67. The van der Waals surface area contributed by atoms with Gasteiger partial charge < -0.3 is 20.3 Å². The third-order valence-electron chi connectivity index (χ3n) is 2.74. The Bertz CT molecular complexity index is 420. The lowest BCUT2D eigenvalue weighted by Gasteiger charge is -2.38. The number of amides is 1. The highest BCUT2D eigenvalue weighted by molar-refractivity contribution is 5.95. The molecule has 0 saturated carbocycles. The minimum Gasteiger partial charge on any atom is -0.508 e. The van der Waals surface area contributed by atoms with E-state index in [2.05, 4.69) is 5.32 Å². The fourth-order valence-electron chi connectivity index (χ4n) is 1.67. The van der Waals surface area contributed by atoms with Crippen molar-refractivity contribution in [1.82, 2.24) is 5.32 Å². The summed E-state index contributed by atoms with van der Waals surface area (Å²) in [5.74, 6) is -0.578. The molecule has 1 heterocycles. The van der Waals surface area contributed by atoms with Crippen molar-refractivity contribution in [2.24, 2.45) is 5.41 Å². The molecule has 1 aromatic rings. The van der Waals surface area contributed by atoms with E-state index in [1.807, 2.05) is 6.92 Å². The van der Waals surface area contributed by atoms with E-state index in [-0.39, 0.29) is 28.4 Å². The Hall–Kier alpha value is -1.75. The molecule has 1 amide bonds. The first-order valence-corrected chi connectivity index (χ1v) is 5.37. The van der Waals surface area contributed by atoms with Crippen molar-refractivity contribution in [2.75, 3.05) is 19.8 Å². The molecule has 3 N–H and O–H groups in total. The smallest absolute Gasteiger partial charge is 0.251 e. The van der Waals surface area contributed by atoms with Crippen LogP contribution in [-0.2, 0) is 4.74 Å². The van der Waals surface area contributed by atoms with Crippen LogP contribution in [0.25, 0.3) is 0 Å². The molecule has 1 aliphatic rings. The summed E-state index contributed by atoms with van der Waals surface area (Å²) in [5, 5.41) is 21.3. The number of aromatic hydroxyl groups is 2.